The number of carbonyl (C=O) groups is 1. The second-order valence-corrected chi connectivity index (χ2v) is 4.54. The van der Waals surface area contributed by atoms with Crippen LogP contribution >= 0.6 is 0 Å². The largest absolute Gasteiger partial charge is 0.300 e. The normalized spacial score (nSPS) is 10.7. The van der Waals surface area contributed by atoms with Crippen molar-refractivity contribution >= 4 is 5.78 Å². The van der Waals surface area contributed by atoms with Crippen LogP contribution < -0.4 is 0 Å². The summed E-state index contributed by atoms with van der Waals surface area (Å²) in [7, 11) is 0. The van der Waals surface area contributed by atoms with Crippen LogP contribution in [0.25, 0.3) is 0 Å². The maximum atomic E-state index is 10.9. The predicted octanol–water partition coefficient (Wildman–Crippen LogP) is 3.64. The van der Waals surface area contributed by atoms with Gasteiger partial charge in [-0.25, -0.2) is 0 Å². The molecule has 0 bridgehead atoms. The van der Waals surface area contributed by atoms with E-state index in [2.05, 4.69) is 39.0 Å². The van der Waals surface area contributed by atoms with Crippen molar-refractivity contribution in [3.8, 4) is 0 Å². The highest BCUT2D eigenvalue weighted by Gasteiger charge is 2.04. The average Bonchev–Trinajstić information content (AvgIpc) is 2.15. The van der Waals surface area contributed by atoms with Gasteiger partial charge in [0.1, 0.15) is 5.78 Å². The second-order valence-electron chi connectivity index (χ2n) is 4.54. The third-order valence-corrected chi connectivity index (χ3v) is 2.78. The minimum atomic E-state index is 0.266. The molecule has 0 amide bonds. The highest BCUT2D eigenvalue weighted by Crippen LogP contribution is 2.19. The van der Waals surface area contributed by atoms with Gasteiger partial charge in [-0.15, -0.1) is 0 Å². The molecule has 0 fully saturated rings. The molecule has 0 aliphatic rings. The summed E-state index contributed by atoms with van der Waals surface area (Å²) in [4.78, 5) is 10.9. The first-order valence-electron chi connectivity index (χ1n) is 5.59. The molecule has 0 spiro atoms. The van der Waals surface area contributed by atoms with Gasteiger partial charge in [-0.3, -0.25) is 0 Å². The maximum Gasteiger partial charge on any atom is 0.130 e. The molecule has 1 nitrogen and oxygen atoms in total. The molecule has 0 radical (unpaired) electrons. The first kappa shape index (κ1) is 12.0. The number of aryl methyl sites for hydroxylation is 2. The Morgan fingerprint density at radius 1 is 1.33 bits per heavy atom. The number of hydrogen-bond acceptors (Lipinski definition) is 1. The third kappa shape index (κ3) is 3.50. The fraction of sp³-hybridized carbons (Fsp3) is 0.500. The molecule has 1 aromatic carbocycles. The van der Waals surface area contributed by atoms with E-state index in [0.29, 0.717) is 12.3 Å². The first-order chi connectivity index (χ1) is 7.00. The Kier molecular flexibility index (Phi) is 4.07. The van der Waals surface area contributed by atoms with E-state index in [1.807, 2.05) is 0 Å². The summed E-state index contributed by atoms with van der Waals surface area (Å²) >= 11 is 0. The molecule has 0 saturated heterocycles. The molecule has 0 heterocycles. The summed E-state index contributed by atoms with van der Waals surface area (Å²) in [5, 5.41) is 0. The lowest BCUT2D eigenvalue weighted by Crippen LogP contribution is -1.97. The highest BCUT2D eigenvalue weighted by molar-refractivity contribution is 5.75. The molecule has 15 heavy (non-hydrogen) atoms. The summed E-state index contributed by atoms with van der Waals surface area (Å²) in [5.41, 5.74) is 3.98. The molecular weight excluding hydrogens is 184 g/mol. The highest BCUT2D eigenvalue weighted by atomic mass is 16.1. The Morgan fingerprint density at radius 2 is 2.00 bits per heavy atom. The average molecular weight is 204 g/mol. The molecule has 0 aliphatic heterocycles. The van der Waals surface area contributed by atoms with Crippen LogP contribution in [0.2, 0.25) is 0 Å². The van der Waals surface area contributed by atoms with E-state index in [1.165, 1.54) is 16.7 Å². The van der Waals surface area contributed by atoms with Gasteiger partial charge < -0.3 is 4.79 Å². The standard InChI is InChI=1S/C14H20O/c1-10(2)14-8-7-13(11(3)9-14)6-5-12(4)15/h7-10H,5-6H2,1-4H3. The van der Waals surface area contributed by atoms with Crippen LogP contribution in [-0.2, 0) is 11.2 Å². The minimum Gasteiger partial charge on any atom is -0.300 e. The summed E-state index contributed by atoms with van der Waals surface area (Å²) in [6, 6.07) is 6.57. The van der Waals surface area contributed by atoms with Crippen molar-refractivity contribution in [1.82, 2.24) is 0 Å². The zero-order chi connectivity index (χ0) is 11.4. The molecule has 1 heteroatoms. The zero-order valence-electron chi connectivity index (χ0n) is 10.1. The lowest BCUT2D eigenvalue weighted by atomic mass is 9.96. The van der Waals surface area contributed by atoms with Crippen molar-refractivity contribution in [2.45, 2.75) is 46.5 Å². The SMILES string of the molecule is CC(=O)CCc1ccc(C(C)C)cc1C. The number of carbonyl (C=O) groups excluding carboxylic acids is 1. The summed E-state index contributed by atoms with van der Waals surface area (Å²) in [6.07, 6.45) is 1.53. The zero-order valence-corrected chi connectivity index (χ0v) is 10.1. The van der Waals surface area contributed by atoms with Gasteiger partial charge in [-0.1, -0.05) is 32.0 Å². The Morgan fingerprint density at radius 3 is 2.47 bits per heavy atom. The van der Waals surface area contributed by atoms with Crippen molar-refractivity contribution in [1.29, 1.82) is 0 Å². The Hall–Kier alpha value is -1.11. The van der Waals surface area contributed by atoms with Gasteiger partial charge in [0.15, 0.2) is 0 Å². The van der Waals surface area contributed by atoms with Crippen LogP contribution in [0.5, 0.6) is 0 Å². The van der Waals surface area contributed by atoms with Crippen LogP contribution in [0.15, 0.2) is 18.2 Å². The van der Waals surface area contributed by atoms with Crippen LogP contribution in [0.3, 0.4) is 0 Å². The van der Waals surface area contributed by atoms with Crippen molar-refractivity contribution in [3.63, 3.8) is 0 Å². The summed E-state index contributed by atoms with van der Waals surface area (Å²) in [5.74, 6) is 0.841. The molecule has 0 N–H and O–H groups in total. The lowest BCUT2D eigenvalue weighted by molar-refractivity contribution is -0.116. The number of rotatable bonds is 4. The predicted molar refractivity (Wildman–Crippen MR) is 64.3 cm³/mol. The van der Waals surface area contributed by atoms with Gasteiger partial charge in [0.05, 0.1) is 0 Å². The Balaban J connectivity index is 2.79. The quantitative estimate of drug-likeness (QED) is 0.731. The van der Waals surface area contributed by atoms with Gasteiger partial charge in [0.2, 0.25) is 0 Å². The van der Waals surface area contributed by atoms with Crippen molar-refractivity contribution in [2.75, 3.05) is 0 Å². The topological polar surface area (TPSA) is 17.1 Å². The summed E-state index contributed by atoms with van der Waals surface area (Å²) in [6.45, 7) is 8.17. The number of benzene rings is 1. The van der Waals surface area contributed by atoms with E-state index in [0.717, 1.165) is 6.42 Å². The van der Waals surface area contributed by atoms with E-state index < -0.39 is 0 Å². The number of hydrogen-bond donors (Lipinski definition) is 0. The summed E-state index contributed by atoms with van der Waals surface area (Å²) < 4.78 is 0. The first-order valence-corrected chi connectivity index (χ1v) is 5.59. The smallest absolute Gasteiger partial charge is 0.130 e. The fourth-order valence-electron chi connectivity index (χ4n) is 1.67. The van der Waals surface area contributed by atoms with E-state index in [-0.39, 0.29) is 5.78 Å². The molecule has 0 unspecified atom stereocenters. The van der Waals surface area contributed by atoms with Crippen LogP contribution in [0.1, 0.15) is 49.8 Å². The minimum absolute atomic E-state index is 0.266. The van der Waals surface area contributed by atoms with Gasteiger partial charge >= 0.3 is 0 Å². The van der Waals surface area contributed by atoms with Gasteiger partial charge in [0.25, 0.3) is 0 Å². The van der Waals surface area contributed by atoms with Crippen LogP contribution in [-0.4, -0.2) is 5.78 Å². The van der Waals surface area contributed by atoms with E-state index in [1.54, 1.807) is 6.92 Å². The van der Waals surface area contributed by atoms with Gasteiger partial charge in [0, 0.05) is 6.42 Å². The second kappa shape index (κ2) is 5.11. The molecule has 0 aromatic heterocycles. The molecule has 82 valence electrons. The van der Waals surface area contributed by atoms with Crippen LogP contribution in [0, 0.1) is 6.92 Å². The van der Waals surface area contributed by atoms with Gasteiger partial charge in [-0.05, 0) is 42.9 Å². The molecule has 0 saturated carbocycles. The number of Topliss-reactive ketones (excluding diaryl/α,β-unsaturated/α-hetero) is 1. The Labute approximate surface area is 92.5 Å². The molecule has 1 rings (SSSR count). The van der Waals surface area contributed by atoms with Crippen molar-refractivity contribution in [2.24, 2.45) is 0 Å². The molecule has 0 atom stereocenters. The molecule has 0 aliphatic carbocycles. The van der Waals surface area contributed by atoms with E-state index in [9.17, 15) is 4.79 Å². The van der Waals surface area contributed by atoms with E-state index in [4.69, 9.17) is 0 Å². The maximum absolute atomic E-state index is 10.9. The van der Waals surface area contributed by atoms with E-state index >= 15 is 0 Å². The molecular formula is C14H20O. The number of ketones is 1. The fourth-order valence-corrected chi connectivity index (χ4v) is 1.67. The third-order valence-electron chi connectivity index (χ3n) is 2.78. The Bertz CT molecular complexity index is 350. The monoisotopic (exact) mass is 204 g/mol. The van der Waals surface area contributed by atoms with Gasteiger partial charge in [-0.2, -0.15) is 0 Å². The van der Waals surface area contributed by atoms with Crippen molar-refractivity contribution < 1.29 is 4.79 Å². The molecule has 1 aromatic rings. The lowest BCUT2D eigenvalue weighted by Gasteiger charge is -2.10. The van der Waals surface area contributed by atoms with Crippen molar-refractivity contribution in [3.05, 3.63) is 34.9 Å². The van der Waals surface area contributed by atoms with Crippen LogP contribution in [0.4, 0.5) is 0 Å².